The van der Waals surface area contributed by atoms with E-state index in [0.717, 1.165) is 38.7 Å². The molecule has 0 bridgehead atoms. The van der Waals surface area contributed by atoms with Crippen molar-refractivity contribution < 1.29 is 27.1 Å². The fraction of sp³-hybridized carbons (Fsp3) is 0.345. The quantitative estimate of drug-likeness (QED) is 0.276. The first-order valence-corrected chi connectivity index (χ1v) is 14.9. The summed E-state index contributed by atoms with van der Waals surface area (Å²) < 4.78 is 49.4. The van der Waals surface area contributed by atoms with Crippen LogP contribution in [0.4, 0.5) is 15.8 Å². The molecular formula is C29H36ClFN4O5S. The predicted octanol–water partition coefficient (Wildman–Crippen LogP) is 4.62. The third-order valence-corrected chi connectivity index (χ3v) is 7.12. The van der Waals surface area contributed by atoms with Gasteiger partial charge in [-0.2, -0.15) is 0 Å². The second-order valence-corrected chi connectivity index (χ2v) is 11.6. The highest BCUT2D eigenvalue weighted by Gasteiger charge is 2.25. The van der Waals surface area contributed by atoms with Crippen molar-refractivity contribution in [3.8, 4) is 11.5 Å². The Hall–Kier alpha value is -3.22. The number of nitrogens with one attached hydrogen (secondary N) is 3. The van der Waals surface area contributed by atoms with Gasteiger partial charge in [-0.05, 0) is 92.2 Å². The first-order chi connectivity index (χ1) is 19.2. The maximum absolute atomic E-state index is 13.2. The third kappa shape index (κ3) is 10.6. The average molecular weight is 607 g/mol. The zero-order valence-electron chi connectivity index (χ0n) is 23.0. The number of sulfonamides is 1. The molecule has 1 atom stereocenters. The maximum Gasteiger partial charge on any atom is 0.243 e. The van der Waals surface area contributed by atoms with Gasteiger partial charge in [0.2, 0.25) is 15.9 Å². The van der Waals surface area contributed by atoms with Crippen LogP contribution in [-0.4, -0.2) is 64.4 Å². The molecule has 1 fully saturated rings. The Morgan fingerprint density at radius 3 is 2.07 bits per heavy atom. The summed E-state index contributed by atoms with van der Waals surface area (Å²) in [4.78, 5) is 15.2. The van der Waals surface area contributed by atoms with E-state index in [2.05, 4.69) is 20.3 Å². The maximum atomic E-state index is 13.2. The van der Waals surface area contributed by atoms with Crippen molar-refractivity contribution >= 4 is 39.7 Å². The molecule has 0 aliphatic carbocycles. The van der Waals surface area contributed by atoms with Crippen LogP contribution in [0.15, 0.2) is 72.8 Å². The number of carbonyl (C=O) groups is 1. The molecule has 3 aromatic carbocycles. The fourth-order valence-electron chi connectivity index (χ4n) is 4.53. The molecule has 3 N–H and O–H groups in total. The third-order valence-electron chi connectivity index (χ3n) is 6.51. The van der Waals surface area contributed by atoms with Gasteiger partial charge in [0.15, 0.2) is 0 Å². The van der Waals surface area contributed by atoms with Crippen LogP contribution in [0.1, 0.15) is 18.4 Å². The van der Waals surface area contributed by atoms with Gasteiger partial charge >= 0.3 is 0 Å². The van der Waals surface area contributed by atoms with Crippen molar-refractivity contribution in [1.82, 2.24) is 10.2 Å². The number of ether oxygens (including phenoxy) is 2. The SMILES string of the molecule is COCC(NC1CCN(Cc2ccc(Oc3ccc(NS(C)(=O)=O)cc3)cc2)CC1)C(=O)Nc1ccc(F)cc1.Cl. The Kier molecular flexibility index (Phi) is 11.9. The number of amides is 1. The van der Waals surface area contributed by atoms with E-state index in [1.807, 2.05) is 24.3 Å². The van der Waals surface area contributed by atoms with Crippen LogP contribution in [0.25, 0.3) is 0 Å². The molecule has 0 saturated carbocycles. The molecule has 4 rings (SSSR count). The van der Waals surface area contributed by atoms with Crippen LogP contribution in [0, 0.1) is 5.82 Å². The van der Waals surface area contributed by atoms with Gasteiger partial charge in [-0.3, -0.25) is 14.4 Å². The van der Waals surface area contributed by atoms with E-state index in [9.17, 15) is 17.6 Å². The van der Waals surface area contributed by atoms with Crippen molar-refractivity contribution in [1.29, 1.82) is 0 Å². The van der Waals surface area contributed by atoms with Gasteiger partial charge < -0.3 is 20.1 Å². The Bertz CT molecular complexity index is 1350. The Balaban J connectivity index is 0.00000462. The van der Waals surface area contributed by atoms with Crippen molar-refractivity contribution in [3.05, 3.63) is 84.2 Å². The smallest absolute Gasteiger partial charge is 0.243 e. The number of benzene rings is 3. The van der Waals surface area contributed by atoms with Crippen molar-refractivity contribution in [2.45, 2.75) is 31.5 Å². The van der Waals surface area contributed by atoms with Crippen LogP contribution in [0.2, 0.25) is 0 Å². The first-order valence-electron chi connectivity index (χ1n) is 13.1. The molecule has 12 heteroatoms. The van der Waals surface area contributed by atoms with E-state index in [-0.39, 0.29) is 36.8 Å². The molecule has 1 unspecified atom stereocenters. The largest absolute Gasteiger partial charge is 0.457 e. The Labute approximate surface area is 246 Å². The highest BCUT2D eigenvalue weighted by Crippen LogP contribution is 2.24. The van der Waals surface area contributed by atoms with Gasteiger partial charge in [0, 0.05) is 31.1 Å². The number of anilines is 2. The molecule has 41 heavy (non-hydrogen) atoms. The minimum atomic E-state index is -3.32. The summed E-state index contributed by atoms with van der Waals surface area (Å²) in [5, 5.41) is 6.25. The molecule has 222 valence electrons. The molecule has 1 saturated heterocycles. The van der Waals surface area contributed by atoms with Crippen LogP contribution < -0.4 is 20.1 Å². The zero-order chi connectivity index (χ0) is 28.5. The van der Waals surface area contributed by atoms with Gasteiger partial charge in [0.1, 0.15) is 23.4 Å². The summed E-state index contributed by atoms with van der Waals surface area (Å²) in [6.07, 6.45) is 2.90. The average Bonchev–Trinajstić information content (AvgIpc) is 2.92. The van der Waals surface area contributed by atoms with Crippen LogP contribution in [0.5, 0.6) is 11.5 Å². The molecule has 0 spiro atoms. The lowest BCUT2D eigenvalue weighted by molar-refractivity contribution is -0.119. The Morgan fingerprint density at radius 1 is 0.951 bits per heavy atom. The molecule has 0 radical (unpaired) electrons. The number of methoxy groups -OCH3 is 1. The number of rotatable bonds is 12. The minimum absolute atomic E-state index is 0. The van der Waals surface area contributed by atoms with Crippen molar-refractivity contribution in [2.24, 2.45) is 0 Å². The zero-order valence-corrected chi connectivity index (χ0v) is 24.6. The van der Waals surface area contributed by atoms with E-state index in [4.69, 9.17) is 9.47 Å². The molecule has 1 amide bonds. The lowest BCUT2D eigenvalue weighted by Gasteiger charge is -2.34. The summed E-state index contributed by atoms with van der Waals surface area (Å²) in [5.41, 5.74) is 2.19. The first kappa shape index (κ1) is 32.3. The normalized spacial score (nSPS) is 15.0. The van der Waals surface area contributed by atoms with Crippen molar-refractivity contribution in [2.75, 3.05) is 43.1 Å². The second kappa shape index (κ2) is 15.1. The topological polar surface area (TPSA) is 109 Å². The van der Waals surface area contributed by atoms with E-state index in [0.29, 0.717) is 22.9 Å². The molecular weight excluding hydrogens is 571 g/mol. The van der Waals surface area contributed by atoms with E-state index < -0.39 is 16.1 Å². The number of hydrogen-bond donors (Lipinski definition) is 3. The van der Waals surface area contributed by atoms with Crippen LogP contribution in [-0.2, 0) is 26.1 Å². The number of likely N-dealkylation sites (tertiary alicyclic amines) is 1. The highest BCUT2D eigenvalue weighted by molar-refractivity contribution is 7.92. The summed E-state index contributed by atoms with van der Waals surface area (Å²) in [6.45, 7) is 2.83. The lowest BCUT2D eigenvalue weighted by Crippen LogP contribution is -2.51. The monoisotopic (exact) mass is 606 g/mol. The molecule has 3 aromatic rings. The van der Waals surface area contributed by atoms with E-state index >= 15 is 0 Å². The summed E-state index contributed by atoms with van der Waals surface area (Å²) in [5.74, 6) is 0.743. The standard InChI is InChI=1S/C29H35FN4O5S.ClH/c1-38-20-28(29(35)32-23-7-5-22(30)6-8-23)31-24-15-17-34(18-16-24)19-21-3-11-26(12-4-21)39-27-13-9-25(10-14-27)33-40(2,36)37;/h3-14,24,28,31,33H,15-20H2,1-2H3,(H,32,35);1H. The molecule has 9 nitrogen and oxygen atoms in total. The number of carbonyl (C=O) groups excluding carboxylic acids is 1. The summed E-state index contributed by atoms with van der Waals surface area (Å²) in [7, 11) is -1.76. The van der Waals surface area contributed by atoms with Gasteiger partial charge in [-0.1, -0.05) is 12.1 Å². The van der Waals surface area contributed by atoms with E-state index in [1.165, 1.54) is 29.8 Å². The van der Waals surface area contributed by atoms with Gasteiger partial charge in [0.05, 0.1) is 12.9 Å². The Morgan fingerprint density at radius 2 is 1.51 bits per heavy atom. The van der Waals surface area contributed by atoms with E-state index in [1.54, 1.807) is 31.4 Å². The fourth-order valence-corrected chi connectivity index (χ4v) is 5.10. The number of piperidine rings is 1. The number of hydrogen-bond acceptors (Lipinski definition) is 7. The van der Waals surface area contributed by atoms with Crippen LogP contribution in [0.3, 0.4) is 0 Å². The van der Waals surface area contributed by atoms with Gasteiger partial charge in [0.25, 0.3) is 0 Å². The predicted molar refractivity (Wildman–Crippen MR) is 161 cm³/mol. The van der Waals surface area contributed by atoms with Gasteiger partial charge in [-0.25, -0.2) is 12.8 Å². The minimum Gasteiger partial charge on any atom is -0.457 e. The molecule has 1 heterocycles. The van der Waals surface area contributed by atoms with Crippen molar-refractivity contribution in [3.63, 3.8) is 0 Å². The molecule has 0 aromatic heterocycles. The summed E-state index contributed by atoms with van der Waals surface area (Å²) >= 11 is 0. The molecule has 1 aliphatic rings. The number of halogens is 2. The molecule has 1 aliphatic heterocycles. The summed E-state index contributed by atoms with van der Waals surface area (Å²) in [6, 6.07) is 20.0. The highest BCUT2D eigenvalue weighted by atomic mass is 35.5. The lowest BCUT2D eigenvalue weighted by atomic mass is 10.0. The van der Waals surface area contributed by atoms with Crippen LogP contribution >= 0.6 is 12.4 Å². The van der Waals surface area contributed by atoms with Gasteiger partial charge in [-0.15, -0.1) is 12.4 Å². The number of nitrogens with zero attached hydrogens (tertiary/aromatic N) is 1. The second-order valence-electron chi connectivity index (χ2n) is 9.87.